The Morgan fingerprint density at radius 3 is 2.40 bits per heavy atom. The summed E-state index contributed by atoms with van der Waals surface area (Å²) in [7, 11) is 1.57. The third-order valence-corrected chi connectivity index (χ3v) is 1.91. The van der Waals surface area contributed by atoms with Crippen LogP contribution in [0.3, 0.4) is 0 Å². The second-order valence-electron chi connectivity index (χ2n) is 2.74. The van der Waals surface area contributed by atoms with Crippen molar-refractivity contribution in [3.63, 3.8) is 0 Å². The molecule has 1 N–H and O–H groups in total. The van der Waals surface area contributed by atoms with Crippen LogP contribution < -0.4 is 0 Å². The third kappa shape index (κ3) is 1.74. The van der Waals surface area contributed by atoms with Crippen molar-refractivity contribution >= 4 is 13.7 Å². The Morgan fingerprint density at radius 2 is 2.00 bits per heavy atom. The van der Waals surface area contributed by atoms with Crippen LogP contribution in [0.15, 0.2) is 0 Å². The number of aliphatic hydroxyl groups is 1. The second kappa shape index (κ2) is 3.06. The summed E-state index contributed by atoms with van der Waals surface area (Å²) in [6.07, 6.45) is 1.29. The van der Waals surface area contributed by atoms with Gasteiger partial charge >= 0.3 is 0 Å². The van der Waals surface area contributed by atoms with E-state index in [9.17, 15) is 4.79 Å². The molecule has 1 amide bonds. The van der Waals surface area contributed by atoms with Gasteiger partial charge < -0.3 is 10.0 Å². The molecular formula is C6H12BNO2. The van der Waals surface area contributed by atoms with E-state index in [2.05, 4.69) is 0 Å². The first-order valence-corrected chi connectivity index (χ1v) is 3.63. The highest BCUT2D eigenvalue weighted by atomic mass is 16.3. The monoisotopic (exact) mass is 141 g/mol. The molecule has 0 bridgehead atoms. The molecule has 0 radical (unpaired) electrons. The van der Waals surface area contributed by atoms with Gasteiger partial charge in [0, 0.05) is 13.1 Å². The molecular weight excluding hydrogens is 129 g/mol. The molecule has 0 aromatic carbocycles. The van der Waals surface area contributed by atoms with Crippen molar-refractivity contribution in [2.45, 2.75) is 18.9 Å². The zero-order valence-electron chi connectivity index (χ0n) is 6.21. The van der Waals surface area contributed by atoms with Crippen molar-refractivity contribution in [3.8, 4) is 0 Å². The minimum absolute atomic E-state index is 0.118. The standard InChI is InChI=1S/C6H12BNO2/c7-6(10)8-3-1-5(9)2-4-8/h5,9H,1-4,7H2. The van der Waals surface area contributed by atoms with Crippen LogP contribution in [-0.2, 0) is 0 Å². The van der Waals surface area contributed by atoms with E-state index >= 15 is 0 Å². The molecule has 1 aliphatic rings. The lowest BCUT2D eigenvalue weighted by atomic mass is 10.0. The lowest BCUT2D eigenvalue weighted by Crippen LogP contribution is -2.39. The minimum Gasteiger partial charge on any atom is -0.393 e. The number of carbonyl (C=O) groups is 1. The molecule has 0 aromatic heterocycles. The van der Waals surface area contributed by atoms with Gasteiger partial charge in [-0.1, -0.05) is 0 Å². The molecule has 0 spiro atoms. The highest BCUT2D eigenvalue weighted by Gasteiger charge is 2.17. The average Bonchev–Trinajstić information content (AvgIpc) is 1.88. The van der Waals surface area contributed by atoms with E-state index in [0.717, 1.165) is 25.9 Å². The number of carbonyl (C=O) groups excluding carboxylic acids is 1. The molecule has 10 heavy (non-hydrogen) atoms. The number of hydrogen-bond acceptors (Lipinski definition) is 2. The van der Waals surface area contributed by atoms with Gasteiger partial charge in [0.05, 0.1) is 6.10 Å². The molecule has 1 fully saturated rings. The van der Waals surface area contributed by atoms with Crippen LogP contribution in [0.25, 0.3) is 0 Å². The van der Waals surface area contributed by atoms with Gasteiger partial charge in [-0.05, 0) is 12.8 Å². The Kier molecular flexibility index (Phi) is 2.32. The zero-order valence-corrected chi connectivity index (χ0v) is 6.21. The van der Waals surface area contributed by atoms with Gasteiger partial charge in [-0.3, -0.25) is 4.79 Å². The second-order valence-corrected chi connectivity index (χ2v) is 2.74. The summed E-state index contributed by atoms with van der Waals surface area (Å²) < 4.78 is 0. The Hall–Kier alpha value is -0.505. The van der Waals surface area contributed by atoms with Crippen LogP contribution in [0.2, 0.25) is 0 Å². The van der Waals surface area contributed by atoms with Crippen molar-refractivity contribution in [3.05, 3.63) is 0 Å². The Balaban J connectivity index is 2.33. The molecule has 0 atom stereocenters. The summed E-state index contributed by atoms with van der Waals surface area (Å²) >= 11 is 0. The Labute approximate surface area is 61.4 Å². The van der Waals surface area contributed by atoms with E-state index in [1.807, 2.05) is 0 Å². The van der Waals surface area contributed by atoms with Crippen LogP contribution in [0, 0.1) is 0 Å². The highest BCUT2D eigenvalue weighted by molar-refractivity contribution is 6.56. The fourth-order valence-corrected chi connectivity index (χ4v) is 1.18. The van der Waals surface area contributed by atoms with Gasteiger partial charge in [0.25, 0.3) is 0 Å². The fraction of sp³-hybridized carbons (Fsp3) is 0.833. The van der Waals surface area contributed by atoms with Crippen molar-refractivity contribution in [2.24, 2.45) is 0 Å². The maximum atomic E-state index is 10.7. The third-order valence-electron chi connectivity index (χ3n) is 1.91. The van der Waals surface area contributed by atoms with Crippen LogP contribution >= 0.6 is 0 Å². The predicted octanol–water partition coefficient (Wildman–Crippen LogP) is -0.804. The summed E-state index contributed by atoms with van der Waals surface area (Å²) in [6.45, 7) is 1.44. The molecule has 1 heterocycles. The van der Waals surface area contributed by atoms with Gasteiger partial charge in [-0.2, -0.15) is 0 Å². The maximum Gasteiger partial charge on any atom is 0.215 e. The van der Waals surface area contributed by atoms with Crippen LogP contribution in [-0.4, -0.2) is 42.9 Å². The predicted molar refractivity (Wildman–Crippen MR) is 40.8 cm³/mol. The first-order valence-electron chi connectivity index (χ1n) is 3.63. The summed E-state index contributed by atoms with van der Waals surface area (Å²) in [5, 5.41) is 9.07. The number of amides is 1. The van der Waals surface area contributed by atoms with E-state index in [0.29, 0.717) is 0 Å². The Bertz CT molecular complexity index is 132. The van der Waals surface area contributed by atoms with E-state index in [1.54, 1.807) is 12.7 Å². The van der Waals surface area contributed by atoms with E-state index < -0.39 is 0 Å². The number of piperidine rings is 1. The summed E-state index contributed by atoms with van der Waals surface area (Å²) in [5.74, 6) is 0.118. The molecule has 0 aliphatic carbocycles. The molecule has 1 aliphatic heterocycles. The van der Waals surface area contributed by atoms with Crippen molar-refractivity contribution < 1.29 is 9.90 Å². The summed E-state index contributed by atoms with van der Waals surface area (Å²) in [6, 6.07) is 0. The minimum atomic E-state index is -0.185. The van der Waals surface area contributed by atoms with Crippen LogP contribution in [0.4, 0.5) is 4.79 Å². The topological polar surface area (TPSA) is 40.5 Å². The van der Waals surface area contributed by atoms with Gasteiger partial charge in [0.15, 0.2) is 5.81 Å². The molecule has 1 saturated heterocycles. The number of hydrogen-bond donors (Lipinski definition) is 1. The molecule has 4 heteroatoms. The average molecular weight is 141 g/mol. The van der Waals surface area contributed by atoms with Gasteiger partial charge in [0.1, 0.15) is 0 Å². The van der Waals surface area contributed by atoms with Crippen LogP contribution in [0.5, 0.6) is 0 Å². The van der Waals surface area contributed by atoms with Crippen molar-refractivity contribution in [1.29, 1.82) is 0 Å². The molecule has 3 nitrogen and oxygen atoms in total. The lowest BCUT2D eigenvalue weighted by Gasteiger charge is -2.28. The molecule has 0 saturated carbocycles. The number of aliphatic hydroxyl groups excluding tert-OH is 1. The van der Waals surface area contributed by atoms with Crippen LogP contribution in [0.1, 0.15) is 12.8 Å². The molecule has 56 valence electrons. The van der Waals surface area contributed by atoms with Gasteiger partial charge in [-0.15, -0.1) is 0 Å². The zero-order chi connectivity index (χ0) is 7.56. The Morgan fingerprint density at radius 1 is 1.50 bits per heavy atom. The number of nitrogens with zero attached hydrogens (tertiary/aromatic N) is 1. The quantitative estimate of drug-likeness (QED) is 0.448. The van der Waals surface area contributed by atoms with Crippen molar-refractivity contribution in [1.82, 2.24) is 4.90 Å². The SMILES string of the molecule is BC(=O)N1CCC(O)CC1. The van der Waals surface area contributed by atoms with E-state index in [4.69, 9.17) is 5.11 Å². The van der Waals surface area contributed by atoms with Crippen molar-refractivity contribution in [2.75, 3.05) is 13.1 Å². The fourth-order valence-electron chi connectivity index (χ4n) is 1.18. The maximum absolute atomic E-state index is 10.7. The highest BCUT2D eigenvalue weighted by Crippen LogP contribution is 2.08. The van der Waals surface area contributed by atoms with E-state index in [-0.39, 0.29) is 11.9 Å². The normalized spacial score (nSPS) is 21.1. The molecule has 0 unspecified atom stereocenters. The first kappa shape index (κ1) is 7.60. The largest absolute Gasteiger partial charge is 0.393 e. The molecule has 0 aromatic rings. The van der Waals surface area contributed by atoms with Gasteiger partial charge in [0.2, 0.25) is 7.85 Å². The summed E-state index contributed by atoms with van der Waals surface area (Å²) in [4.78, 5) is 12.5. The molecule has 1 rings (SSSR count). The van der Waals surface area contributed by atoms with Gasteiger partial charge in [-0.25, -0.2) is 0 Å². The lowest BCUT2D eigenvalue weighted by molar-refractivity contribution is 0.0996. The van der Waals surface area contributed by atoms with E-state index in [1.165, 1.54) is 0 Å². The number of rotatable bonds is 0. The smallest absolute Gasteiger partial charge is 0.215 e. The number of likely N-dealkylation sites (tertiary alicyclic amines) is 1. The summed E-state index contributed by atoms with van der Waals surface area (Å²) in [5.41, 5.74) is 0. The first-order chi connectivity index (χ1) is 4.70.